The molecule has 0 saturated carbocycles. The van der Waals surface area contributed by atoms with Crippen LogP contribution in [0.1, 0.15) is 68.0 Å². The first kappa shape index (κ1) is 27.5. The smallest absolute Gasteiger partial charge is 0.330 e. The van der Waals surface area contributed by atoms with Gasteiger partial charge in [0.1, 0.15) is 18.0 Å². The average Bonchev–Trinajstić information content (AvgIpc) is 3.25. The molecule has 2 heterocycles. The summed E-state index contributed by atoms with van der Waals surface area (Å²) in [7, 11) is 1.36. The molecule has 2 aliphatic rings. The van der Waals surface area contributed by atoms with Crippen LogP contribution in [0.25, 0.3) is 6.08 Å². The molecule has 2 aliphatic heterocycles. The molecular formula is C34H37NO5. The minimum atomic E-state index is -0.423. The number of hydrogen-bond acceptors (Lipinski definition) is 6. The Kier molecular flexibility index (Phi) is 7.45. The summed E-state index contributed by atoms with van der Waals surface area (Å²) in [6.45, 7) is 11.5. The van der Waals surface area contributed by atoms with E-state index in [9.17, 15) is 4.79 Å². The van der Waals surface area contributed by atoms with Gasteiger partial charge in [0.15, 0.2) is 11.5 Å². The van der Waals surface area contributed by atoms with Crippen LogP contribution in [-0.4, -0.2) is 36.5 Å². The summed E-state index contributed by atoms with van der Waals surface area (Å²) in [6, 6.07) is 18.2. The van der Waals surface area contributed by atoms with E-state index in [0.29, 0.717) is 19.0 Å². The van der Waals surface area contributed by atoms with E-state index in [1.807, 2.05) is 55.5 Å². The predicted octanol–water partition coefficient (Wildman–Crippen LogP) is 6.74. The van der Waals surface area contributed by atoms with Crippen LogP contribution in [-0.2, 0) is 29.0 Å². The molecule has 0 spiro atoms. The average molecular weight is 540 g/mol. The Labute approximate surface area is 236 Å². The van der Waals surface area contributed by atoms with Crippen molar-refractivity contribution >= 4 is 17.8 Å². The fourth-order valence-electron chi connectivity index (χ4n) is 5.45. The second-order valence-corrected chi connectivity index (χ2v) is 11.5. The normalized spacial score (nSPS) is 16.5. The molecule has 0 fully saturated rings. The van der Waals surface area contributed by atoms with Gasteiger partial charge in [-0.05, 0) is 70.4 Å². The third-order valence-electron chi connectivity index (χ3n) is 7.11. The van der Waals surface area contributed by atoms with Crippen LogP contribution >= 0.6 is 0 Å². The Morgan fingerprint density at radius 2 is 1.77 bits per heavy atom. The molecule has 40 heavy (non-hydrogen) atoms. The van der Waals surface area contributed by atoms with Gasteiger partial charge in [-0.3, -0.25) is 4.99 Å². The molecule has 0 N–H and O–H groups in total. The first-order chi connectivity index (χ1) is 19.1. The lowest BCUT2D eigenvalue weighted by Gasteiger charge is -2.31. The molecule has 6 nitrogen and oxygen atoms in total. The van der Waals surface area contributed by atoms with Gasteiger partial charge in [0.25, 0.3) is 0 Å². The molecule has 0 unspecified atom stereocenters. The third-order valence-corrected chi connectivity index (χ3v) is 7.11. The number of ether oxygens (including phenoxy) is 4. The largest absolute Gasteiger partial charge is 0.490 e. The quantitative estimate of drug-likeness (QED) is 0.234. The lowest BCUT2D eigenvalue weighted by molar-refractivity contribution is -0.134. The SMILES string of the molecule is CCOc1cc2c(c3c1OC(C)(C)C3)C(c1ccc(/C=C/C(=O)OC)c(OCc3ccccc3)c1)=NC(C)(C)C2. The topological polar surface area (TPSA) is 66.4 Å². The minimum absolute atomic E-state index is 0.302. The maximum atomic E-state index is 11.8. The molecule has 3 aromatic carbocycles. The highest BCUT2D eigenvalue weighted by molar-refractivity contribution is 6.16. The summed E-state index contributed by atoms with van der Waals surface area (Å²) < 4.78 is 23.6. The lowest BCUT2D eigenvalue weighted by atomic mass is 9.81. The minimum Gasteiger partial charge on any atom is -0.490 e. The number of benzene rings is 3. The summed E-state index contributed by atoms with van der Waals surface area (Å²) in [6.07, 6.45) is 4.70. The van der Waals surface area contributed by atoms with E-state index in [2.05, 4.69) is 33.8 Å². The number of rotatable bonds is 8. The van der Waals surface area contributed by atoms with E-state index in [1.165, 1.54) is 18.7 Å². The number of carbonyl (C=O) groups excluding carboxylic acids is 1. The fourth-order valence-corrected chi connectivity index (χ4v) is 5.45. The zero-order valence-electron chi connectivity index (χ0n) is 24.2. The van der Waals surface area contributed by atoms with Crippen molar-refractivity contribution in [2.24, 2.45) is 4.99 Å². The third kappa shape index (κ3) is 5.76. The first-order valence-electron chi connectivity index (χ1n) is 13.8. The Hall–Kier alpha value is -4.06. The lowest BCUT2D eigenvalue weighted by Crippen LogP contribution is -2.30. The van der Waals surface area contributed by atoms with Crippen LogP contribution in [0.3, 0.4) is 0 Å². The molecular weight excluding hydrogens is 502 g/mol. The van der Waals surface area contributed by atoms with Crippen LogP contribution in [0.2, 0.25) is 0 Å². The summed E-state index contributed by atoms with van der Waals surface area (Å²) in [5.74, 6) is 1.85. The second-order valence-electron chi connectivity index (χ2n) is 11.5. The number of esters is 1. The van der Waals surface area contributed by atoms with Crippen molar-refractivity contribution in [1.29, 1.82) is 0 Å². The van der Waals surface area contributed by atoms with E-state index < -0.39 is 5.97 Å². The van der Waals surface area contributed by atoms with Gasteiger partial charge in [-0.25, -0.2) is 4.79 Å². The second kappa shape index (κ2) is 10.8. The van der Waals surface area contributed by atoms with Gasteiger partial charge in [-0.15, -0.1) is 0 Å². The first-order valence-corrected chi connectivity index (χ1v) is 13.8. The molecule has 6 heteroatoms. The van der Waals surface area contributed by atoms with Crippen molar-refractivity contribution in [3.63, 3.8) is 0 Å². The van der Waals surface area contributed by atoms with Gasteiger partial charge in [0, 0.05) is 34.8 Å². The molecule has 5 rings (SSSR count). The van der Waals surface area contributed by atoms with Crippen molar-refractivity contribution in [2.45, 2.75) is 65.2 Å². The Bertz CT molecular complexity index is 1480. The van der Waals surface area contributed by atoms with Crippen LogP contribution in [0, 0.1) is 0 Å². The predicted molar refractivity (Wildman–Crippen MR) is 158 cm³/mol. The molecule has 0 bridgehead atoms. The van der Waals surface area contributed by atoms with E-state index >= 15 is 0 Å². The van der Waals surface area contributed by atoms with Crippen LogP contribution < -0.4 is 14.2 Å². The van der Waals surface area contributed by atoms with Gasteiger partial charge in [-0.2, -0.15) is 0 Å². The Morgan fingerprint density at radius 1 is 1.00 bits per heavy atom. The van der Waals surface area contributed by atoms with Gasteiger partial charge >= 0.3 is 5.97 Å². The molecule has 0 radical (unpaired) electrons. The molecule has 0 saturated heterocycles. The highest BCUT2D eigenvalue weighted by Crippen LogP contribution is 2.48. The Balaban J connectivity index is 1.63. The summed E-state index contributed by atoms with van der Waals surface area (Å²) in [5.41, 5.74) is 6.53. The number of methoxy groups -OCH3 is 1. The standard InChI is InChI=1S/C34H37NO5/c1-7-38-28-18-25-19-33(2,3)35-31(30(25)26-20-34(4,5)40-32(26)28)24-14-13-23(15-16-29(36)37-6)27(17-24)39-21-22-11-9-8-10-12-22/h8-18H,7,19-21H2,1-6H3/b16-15+. The number of nitrogens with zero attached hydrogens (tertiary/aromatic N) is 1. The summed E-state index contributed by atoms with van der Waals surface area (Å²) in [5, 5.41) is 0. The van der Waals surface area contributed by atoms with Crippen molar-refractivity contribution < 1.29 is 23.7 Å². The van der Waals surface area contributed by atoms with Crippen molar-refractivity contribution in [3.05, 3.63) is 94.1 Å². The molecule has 0 aromatic heterocycles. The van der Waals surface area contributed by atoms with E-state index in [-0.39, 0.29) is 11.1 Å². The van der Waals surface area contributed by atoms with Crippen molar-refractivity contribution in [1.82, 2.24) is 0 Å². The molecule has 208 valence electrons. The highest BCUT2D eigenvalue weighted by Gasteiger charge is 2.39. The van der Waals surface area contributed by atoms with Gasteiger partial charge < -0.3 is 18.9 Å². The Morgan fingerprint density at radius 3 is 2.50 bits per heavy atom. The maximum Gasteiger partial charge on any atom is 0.330 e. The summed E-state index contributed by atoms with van der Waals surface area (Å²) in [4.78, 5) is 17.1. The van der Waals surface area contributed by atoms with Gasteiger partial charge in [0.05, 0.1) is 25.0 Å². The van der Waals surface area contributed by atoms with E-state index in [4.69, 9.17) is 23.9 Å². The van der Waals surface area contributed by atoms with Gasteiger partial charge in [-0.1, -0.05) is 42.5 Å². The summed E-state index contributed by atoms with van der Waals surface area (Å²) >= 11 is 0. The molecule has 0 aliphatic carbocycles. The monoisotopic (exact) mass is 539 g/mol. The number of aliphatic imine (C=N–C) groups is 1. The van der Waals surface area contributed by atoms with Crippen LogP contribution in [0.4, 0.5) is 0 Å². The number of hydrogen-bond donors (Lipinski definition) is 0. The van der Waals surface area contributed by atoms with Crippen LogP contribution in [0.5, 0.6) is 17.2 Å². The van der Waals surface area contributed by atoms with Crippen LogP contribution in [0.15, 0.2) is 65.7 Å². The van der Waals surface area contributed by atoms with Crippen molar-refractivity contribution in [2.75, 3.05) is 13.7 Å². The maximum absolute atomic E-state index is 11.8. The zero-order valence-corrected chi connectivity index (χ0v) is 24.2. The van der Waals surface area contributed by atoms with Crippen molar-refractivity contribution in [3.8, 4) is 17.2 Å². The molecule has 0 atom stereocenters. The zero-order chi connectivity index (χ0) is 28.5. The van der Waals surface area contributed by atoms with E-state index in [0.717, 1.165) is 57.9 Å². The number of carbonyl (C=O) groups is 1. The molecule has 0 amide bonds. The fraction of sp³-hybridized carbons (Fsp3) is 0.353. The van der Waals surface area contributed by atoms with E-state index in [1.54, 1.807) is 6.08 Å². The highest BCUT2D eigenvalue weighted by atomic mass is 16.5. The number of fused-ring (bicyclic) bond motifs is 3. The van der Waals surface area contributed by atoms with Gasteiger partial charge in [0.2, 0.25) is 0 Å². The molecule has 3 aromatic rings.